The molecule has 2 heterocycles. The molecule has 4 rings (SSSR count). The van der Waals surface area contributed by atoms with Gasteiger partial charge in [0, 0.05) is 31.9 Å². The van der Waals surface area contributed by atoms with Crippen molar-refractivity contribution < 1.29 is 5.11 Å². The average Bonchev–Trinajstić information content (AvgIpc) is 2.69. The summed E-state index contributed by atoms with van der Waals surface area (Å²) in [6.07, 6.45) is 7.31. The molecule has 0 bridgehead atoms. The van der Waals surface area contributed by atoms with E-state index in [9.17, 15) is 5.11 Å². The second-order valence-electron chi connectivity index (χ2n) is 7.84. The number of fused-ring (bicyclic) bond motifs is 1. The molecule has 1 aromatic carbocycles. The van der Waals surface area contributed by atoms with Gasteiger partial charge in [-0.15, -0.1) is 0 Å². The molecule has 1 aliphatic carbocycles. The van der Waals surface area contributed by atoms with E-state index < -0.39 is 0 Å². The van der Waals surface area contributed by atoms with E-state index in [0.29, 0.717) is 5.75 Å². The second kappa shape index (κ2) is 8.30. The zero-order valence-corrected chi connectivity index (χ0v) is 16.5. The zero-order chi connectivity index (χ0) is 18.6. The number of hydrogen-bond donors (Lipinski definition) is 1. The number of anilines is 1. The van der Waals surface area contributed by atoms with Crippen LogP contribution in [-0.4, -0.2) is 47.7 Å². The lowest BCUT2D eigenvalue weighted by Crippen LogP contribution is -2.46. The van der Waals surface area contributed by atoms with Gasteiger partial charge in [-0.3, -0.25) is 0 Å². The number of phenolic OH excluding ortho intramolecular Hbond substituents is 1. The first kappa shape index (κ1) is 18.3. The molecule has 0 saturated carbocycles. The lowest BCUT2D eigenvalue weighted by molar-refractivity contribution is 0.270. The van der Waals surface area contributed by atoms with Gasteiger partial charge in [0.25, 0.3) is 0 Å². The van der Waals surface area contributed by atoms with E-state index in [1.165, 1.54) is 48.1 Å². The number of aromatic nitrogens is 1. The highest BCUT2D eigenvalue weighted by Gasteiger charge is 2.21. The Morgan fingerprint density at radius 3 is 2.33 bits per heavy atom. The number of aromatic hydroxyl groups is 1. The molecule has 144 valence electrons. The molecule has 0 atom stereocenters. The number of likely N-dealkylation sites (N-methyl/N-ethyl adjacent to an activating group) is 1. The van der Waals surface area contributed by atoms with Crippen molar-refractivity contribution in [1.29, 1.82) is 0 Å². The Morgan fingerprint density at radius 1 is 0.926 bits per heavy atom. The normalized spacial score (nSPS) is 18.6. The molecule has 2 aliphatic rings. The third-order valence-corrected chi connectivity index (χ3v) is 6.11. The fraction of sp³-hybridized carbons (Fsp3) is 0.522. The van der Waals surface area contributed by atoms with Gasteiger partial charge in [-0.25, -0.2) is 4.98 Å². The molecular formula is C23H31N3O. The molecule has 0 unspecified atom stereocenters. The molecule has 1 aromatic heterocycles. The van der Waals surface area contributed by atoms with Gasteiger partial charge in [0.2, 0.25) is 0 Å². The summed E-state index contributed by atoms with van der Waals surface area (Å²) in [5.74, 6) is 1.46. The summed E-state index contributed by atoms with van der Waals surface area (Å²) >= 11 is 0. The van der Waals surface area contributed by atoms with Crippen LogP contribution in [0, 0.1) is 0 Å². The van der Waals surface area contributed by atoms with Gasteiger partial charge in [-0.05, 0) is 67.1 Å². The fourth-order valence-electron chi connectivity index (χ4n) is 4.40. The Morgan fingerprint density at radius 2 is 1.63 bits per heavy atom. The van der Waals surface area contributed by atoms with E-state index in [1.807, 2.05) is 12.1 Å². The first-order valence-electron chi connectivity index (χ1n) is 10.5. The Hall–Kier alpha value is -2.07. The van der Waals surface area contributed by atoms with Crippen LogP contribution >= 0.6 is 0 Å². The molecule has 0 amide bonds. The Bertz CT molecular complexity index is 764. The van der Waals surface area contributed by atoms with Crippen molar-refractivity contribution in [2.24, 2.45) is 0 Å². The monoisotopic (exact) mass is 365 g/mol. The Labute approximate surface area is 162 Å². The zero-order valence-electron chi connectivity index (χ0n) is 16.5. The van der Waals surface area contributed by atoms with Crippen molar-refractivity contribution in [2.75, 3.05) is 37.6 Å². The van der Waals surface area contributed by atoms with Crippen LogP contribution < -0.4 is 4.90 Å². The standard InChI is InChI=1S/C23H31N3O/c1-2-25-13-15-26(16-14-25)23-17-21(18-9-11-19(27)12-10-18)20-7-5-3-4-6-8-22(20)24-23/h9-12,17,27H,2-8,13-16H2,1H3. The van der Waals surface area contributed by atoms with Crippen LogP contribution in [0.25, 0.3) is 11.1 Å². The van der Waals surface area contributed by atoms with Gasteiger partial charge in [0.15, 0.2) is 0 Å². The van der Waals surface area contributed by atoms with Crippen LogP contribution in [0.4, 0.5) is 5.82 Å². The minimum absolute atomic E-state index is 0.326. The van der Waals surface area contributed by atoms with E-state index in [-0.39, 0.29) is 0 Å². The van der Waals surface area contributed by atoms with E-state index in [2.05, 4.69) is 22.8 Å². The maximum atomic E-state index is 9.71. The Balaban J connectivity index is 1.73. The smallest absolute Gasteiger partial charge is 0.129 e. The summed E-state index contributed by atoms with van der Waals surface area (Å²) in [7, 11) is 0. The van der Waals surface area contributed by atoms with Crippen LogP contribution in [0.2, 0.25) is 0 Å². The van der Waals surface area contributed by atoms with E-state index in [1.54, 1.807) is 12.1 Å². The van der Waals surface area contributed by atoms with Crippen LogP contribution in [0.3, 0.4) is 0 Å². The molecule has 0 spiro atoms. The minimum atomic E-state index is 0.326. The van der Waals surface area contributed by atoms with Crippen LogP contribution in [0.1, 0.15) is 43.9 Å². The molecule has 1 N–H and O–H groups in total. The van der Waals surface area contributed by atoms with Gasteiger partial charge in [0.05, 0.1) is 0 Å². The third kappa shape index (κ3) is 4.11. The highest BCUT2D eigenvalue weighted by atomic mass is 16.3. The maximum Gasteiger partial charge on any atom is 0.129 e. The van der Waals surface area contributed by atoms with E-state index >= 15 is 0 Å². The highest BCUT2D eigenvalue weighted by Crippen LogP contribution is 2.34. The maximum absolute atomic E-state index is 9.71. The van der Waals surface area contributed by atoms with Gasteiger partial charge in [-0.2, -0.15) is 0 Å². The number of aryl methyl sites for hydroxylation is 1. The number of rotatable bonds is 3. The summed E-state index contributed by atoms with van der Waals surface area (Å²) in [6, 6.07) is 9.98. The van der Waals surface area contributed by atoms with Crippen molar-refractivity contribution in [1.82, 2.24) is 9.88 Å². The predicted molar refractivity (Wildman–Crippen MR) is 112 cm³/mol. The first-order chi connectivity index (χ1) is 13.2. The molecule has 1 saturated heterocycles. The molecule has 4 nitrogen and oxygen atoms in total. The number of benzene rings is 1. The topological polar surface area (TPSA) is 39.6 Å². The molecule has 27 heavy (non-hydrogen) atoms. The summed E-state index contributed by atoms with van der Waals surface area (Å²) in [4.78, 5) is 10.1. The van der Waals surface area contributed by atoms with Crippen molar-refractivity contribution in [3.63, 3.8) is 0 Å². The minimum Gasteiger partial charge on any atom is -0.508 e. The van der Waals surface area contributed by atoms with E-state index in [4.69, 9.17) is 4.98 Å². The second-order valence-corrected chi connectivity index (χ2v) is 7.84. The Kier molecular flexibility index (Phi) is 5.63. The lowest BCUT2D eigenvalue weighted by atomic mass is 9.90. The predicted octanol–water partition coefficient (Wildman–Crippen LogP) is 4.26. The molecule has 2 aromatic rings. The number of hydrogen-bond acceptors (Lipinski definition) is 4. The summed E-state index contributed by atoms with van der Waals surface area (Å²) in [5, 5.41) is 9.71. The number of piperazine rings is 1. The first-order valence-corrected chi connectivity index (χ1v) is 10.5. The van der Waals surface area contributed by atoms with Crippen molar-refractivity contribution >= 4 is 5.82 Å². The van der Waals surface area contributed by atoms with Crippen LogP contribution in [-0.2, 0) is 12.8 Å². The molecule has 4 heteroatoms. The van der Waals surface area contributed by atoms with Crippen molar-refractivity contribution in [3.8, 4) is 16.9 Å². The number of nitrogens with zero attached hydrogens (tertiary/aromatic N) is 3. The van der Waals surface area contributed by atoms with Crippen molar-refractivity contribution in [2.45, 2.75) is 45.4 Å². The lowest BCUT2D eigenvalue weighted by Gasteiger charge is -2.35. The quantitative estimate of drug-likeness (QED) is 0.882. The van der Waals surface area contributed by atoms with Gasteiger partial charge in [-0.1, -0.05) is 31.9 Å². The van der Waals surface area contributed by atoms with Crippen molar-refractivity contribution in [3.05, 3.63) is 41.6 Å². The van der Waals surface area contributed by atoms with Gasteiger partial charge >= 0.3 is 0 Å². The largest absolute Gasteiger partial charge is 0.508 e. The van der Waals surface area contributed by atoms with Gasteiger partial charge < -0.3 is 14.9 Å². The summed E-state index contributed by atoms with van der Waals surface area (Å²) < 4.78 is 0. The summed E-state index contributed by atoms with van der Waals surface area (Å²) in [5.41, 5.74) is 5.24. The SMILES string of the molecule is CCN1CCN(c2cc(-c3ccc(O)cc3)c3c(n2)CCCCCC3)CC1. The molecular weight excluding hydrogens is 334 g/mol. The molecule has 0 radical (unpaired) electrons. The summed E-state index contributed by atoms with van der Waals surface area (Å²) in [6.45, 7) is 7.70. The number of phenols is 1. The fourth-order valence-corrected chi connectivity index (χ4v) is 4.40. The van der Waals surface area contributed by atoms with Crippen LogP contribution in [0.15, 0.2) is 30.3 Å². The average molecular weight is 366 g/mol. The molecule has 1 fully saturated rings. The van der Waals surface area contributed by atoms with Gasteiger partial charge in [0.1, 0.15) is 11.6 Å². The van der Waals surface area contributed by atoms with Crippen LogP contribution in [0.5, 0.6) is 5.75 Å². The van der Waals surface area contributed by atoms with E-state index in [0.717, 1.165) is 51.4 Å². The molecule has 1 aliphatic heterocycles. The highest BCUT2D eigenvalue weighted by molar-refractivity contribution is 5.72. The third-order valence-electron chi connectivity index (χ3n) is 6.11. The number of pyridine rings is 1.